The number of nitrogens with one attached hydrogen (secondary N) is 2. The maximum atomic E-state index is 12.0. The van der Waals surface area contributed by atoms with Crippen molar-refractivity contribution in [3.05, 3.63) is 58.6 Å². The van der Waals surface area contributed by atoms with E-state index in [0.29, 0.717) is 16.9 Å². The summed E-state index contributed by atoms with van der Waals surface area (Å²) >= 11 is 3.33. The molecule has 0 spiro atoms. The Balaban J connectivity index is 1.49. The molecule has 1 aliphatic carbocycles. The van der Waals surface area contributed by atoms with E-state index in [1.54, 1.807) is 42.5 Å². The number of anilines is 2. The van der Waals surface area contributed by atoms with Crippen LogP contribution in [0.15, 0.2) is 53.0 Å². The third kappa shape index (κ3) is 4.92. The van der Waals surface area contributed by atoms with Gasteiger partial charge >= 0.3 is 5.97 Å². The van der Waals surface area contributed by atoms with Crippen LogP contribution in [0.25, 0.3) is 0 Å². The zero-order valence-corrected chi connectivity index (χ0v) is 15.4. The fraction of sp³-hybridized carbons (Fsp3) is 0.211. The highest BCUT2D eigenvalue weighted by atomic mass is 79.9. The lowest BCUT2D eigenvalue weighted by atomic mass is 10.2. The second-order valence-electron chi connectivity index (χ2n) is 5.95. The number of ether oxygens (including phenoxy) is 1. The van der Waals surface area contributed by atoms with Crippen LogP contribution in [0.4, 0.5) is 11.4 Å². The Labute approximate surface area is 159 Å². The van der Waals surface area contributed by atoms with Gasteiger partial charge in [0.25, 0.3) is 5.91 Å². The van der Waals surface area contributed by atoms with Crippen LogP contribution in [-0.4, -0.2) is 24.4 Å². The first kappa shape index (κ1) is 18.1. The number of carbonyl (C=O) groups excluding carboxylic acids is 3. The molecule has 7 heteroatoms. The van der Waals surface area contributed by atoms with Crippen LogP contribution in [0.5, 0.6) is 0 Å². The first-order chi connectivity index (χ1) is 12.5. The second kappa shape index (κ2) is 8.14. The molecule has 26 heavy (non-hydrogen) atoms. The summed E-state index contributed by atoms with van der Waals surface area (Å²) in [4.78, 5) is 35.6. The lowest BCUT2D eigenvalue weighted by molar-refractivity contribution is -0.119. The summed E-state index contributed by atoms with van der Waals surface area (Å²) in [5, 5.41) is 5.45. The van der Waals surface area contributed by atoms with Crippen LogP contribution >= 0.6 is 15.9 Å². The lowest BCUT2D eigenvalue weighted by Crippen LogP contribution is -2.21. The van der Waals surface area contributed by atoms with Gasteiger partial charge in [-0.1, -0.05) is 12.1 Å². The van der Waals surface area contributed by atoms with Crippen molar-refractivity contribution in [3.8, 4) is 0 Å². The number of esters is 1. The van der Waals surface area contributed by atoms with Crippen LogP contribution in [0.1, 0.15) is 23.2 Å². The Kier molecular flexibility index (Phi) is 5.68. The van der Waals surface area contributed by atoms with E-state index in [2.05, 4.69) is 26.6 Å². The van der Waals surface area contributed by atoms with Gasteiger partial charge in [-0.2, -0.15) is 0 Å². The molecular weight excluding hydrogens is 400 g/mol. The molecular formula is C19H17BrN2O4. The molecule has 0 saturated heterocycles. The molecule has 0 bridgehead atoms. The monoisotopic (exact) mass is 416 g/mol. The smallest absolute Gasteiger partial charge is 0.338 e. The van der Waals surface area contributed by atoms with E-state index in [0.717, 1.165) is 17.3 Å². The average Bonchev–Trinajstić information content (AvgIpc) is 3.47. The number of para-hydroxylation sites is 1. The third-order valence-electron chi connectivity index (χ3n) is 3.82. The molecule has 0 aromatic heterocycles. The standard InChI is InChI=1S/C19H17BrN2O4/c20-15-3-1-2-4-16(15)22-17(23)11-26-19(25)13-7-9-14(10-8-13)21-18(24)12-5-6-12/h1-4,7-10,12H,5-6,11H2,(H,21,24)(H,22,23). The Hall–Kier alpha value is -2.67. The molecule has 2 amide bonds. The summed E-state index contributed by atoms with van der Waals surface area (Å²) < 4.78 is 5.76. The van der Waals surface area contributed by atoms with E-state index >= 15 is 0 Å². The topological polar surface area (TPSA) is 84.5 Å². The summed E-state index contributed by atoms with van der Waals surface area (Å²) in [6, 6.07) is 13.5. The van der Waals surface area contributed by atoms with Crippen molar-refractivity contribution in [1.29, 1.82) is 0 Å². The predicted octanol–water partition coefficient (Wildman–Crippen LogP) is 3.59. The van der Waals surface area contributed by atoms with Gasteiger partial charge in [-0.3, -0.25) is 9.59 Å². The Morgan fingerprint density at radius 3 is 2.35 bits per heavy atom. The van der Waals surface area contributed by atoms with Gasteiger partial charge in [0.05, 0.1) is 11.3 Å². The molecule has 0 unspecified atom stereocenters. The summed E-state index contributed by atoms with van der Waals surface area (Å²) in [6.07, 6.45) is 1.86. The van der Waals surface area contributed by atoms with Crippen LogP contribution in [-0.2, 0) is 14.3 Å². The van der Waals surface area contributed by atoms with Gasteiger partial charge in [0, 0.05) is 16.1 Å². The van der Waals surface area contributed by atoms with E-state index < -0.39 is 11.9 Å². The summed E-state index contributed by atoms with van der Waals surface area (Å²) in [6.45, 7) is -0.389. The minimum absolute atomic E-state index is 0.00377. The van der Waals surface area contributed by atoms with E-state index in [4.69, 9.17) is 4.74 Å². The van der Waals surface area contributed by atoms with Crippen molar-refractivity contribution in [2.45, 2.75) is 12.8 Å². The molecule has 1 saturated carbocycles. The molecule has 2 aromatic carbocycles. The van der Waals surface area contributed by atoms with Crippen molar-refractivity contribution < 1.29 is 19.1 Å². The van der Waals surface area contributed by atoms with Crippen LogP contribution in [0.3, 0.4) is 0 Å². The van der Waals surface area contributed by atoms with E-state index in [9.17, 15) is 14.4 Å². The number of carbonyl (C=O) groups is 3. The highest BCUT2D eigenvalue weighted by Crippen LogP contribution is 2.30. The maximum Gasteiger partial charge on any atom is 0.338 e. The minimum atomic E-state index is -0.604. The van der Waals surface area contributed by atoms with Gasteiger partial charge in [0.1, 0.15) is 0 Å². The van der Waals surface area contributed by atoms with E-state index in [1.165, 1.54) is 0 Å². The highest BCUT2D eigenvalue weighted by Gasteiger charge is 2.29. The van der Waals surface area contributed by atoms with Crippen molar-refractivity contribution >= 4 is 45.1 Å². The van der Waals surface area contributed by atoms with Crippen LogP contribution in [0.2, 0.25) is 0 Å². The third-order valence-corrected chi connectivity index (χ3v) is 4.51. The molecule has 134 valence electrons. The first-order valence-electron chi connectivity index (χ1n) is 8.15. The zero-order valence-electron chi connectivity index (χ0n) is 13.8. The fourth-order valence-electron chi connectivity index (χ4n) is 2.24. The fourth-order valence-corrected chi connectivity index (χ4v) is 2.63. The Morgan fingerprint density at radius 1 is 1.00 bits per heavy atom. The molecule has 1 fully saturated rings. The van der Waals surface area contributed by atoms with Gasteiger partial charge in [0.2, 0.25) is 5.91 Å². The molecule has 2 N–H and O–H groups in total. The average molecular weight is 417 g/mol. The van der Waals surface area contributed by atoms with E-state index in [-0.39, 0.29) is 18.4 Å². The number of rotatable bonds is 6. The first-order valence-corrected chi connectivity index (χ1v) is 8.94. The quantitative estimate of drug-likeness (QED) is 0.704. The maximum absolute atomic E-state index is 12.0. The van der Waals surface area contributed by atoms with E-state index in [1.807, 2.05) is 6.07 Å². The minimum Gasteiger partial charge on any atom is -0.452 e. The molecule has 0 heterocycles. The van der Waals surface area contributed by atoms with Crippen LogP contribution in [0, 0.1) is 5.92 Å². The van der Waals surface area contributed by atoms with Crippen molar-refractivity contribution in [2.75, 3.05) is 17.2 Å². The van der Waals surface area contributed by atoms with Gasteiger partial charge < -0.3 is 15.4 Å². The van der Waals surface area contributed by atoms with Gasteiger partial charge in [-0.15, -0.1) is 0 Å². The van der Waals surface area contributed by atoms with Gasteiger partial charge in [-0.25, -0.2) is 4.79 Å². The number of halogens is 1. The van der Waals surface area contributed by atoms with Gasteiger partial charge in [-0.05, 0) is 65.2 Å². The Bertz CT molecular complexity index is 832. The number of hydrogen-bond donors (Lipinski definition) is 2. The number of benzene rings is 2. The summed E-state index contributed by atoms with van der Waals surface area (Å²) in [5.74, 6) is -0.919. The molecule has 2 aromatic rings. The molecule has 0 aliphatic heterocycles. The SMILES string of the molecule is O=C(COC(=O)c1ccc(NC(=O)C2CC2)cc1)Nc1ccccc1Br. The molecule has 0 atom stereocenters. The summed E-state index contributed by atoms with van der Waals surface area (Å²) in [7, 11) is 0. The van der Waals surface area contributed by atoms with Crippen molar-refractivity contribution in [1.82, 2.24) is 0 Å². The lowest BCUT2D eigenvalue weighted by Gasteiger charge is -2.08. The number of hydrogen-bond acceptors (Lipinski definition) is 4. The molecule has 1 aliphatic rings. The van der Waals surface area contributed by atoms with Crippen molar-refractivity contribution in [3.63, 3.8) is 0 Å². The number of amides is 2. The Morgan fingerprint density at radius 2 is 1.69 bits per heavy atom. The predicted molar refractivity (Wildman–Crippen MR) is 101 cm³/mol. The van der Waals surface area contributed by atoms with Crippen molar-refractivity contribution in [2.24, 2.45) is 5.92 Å². The van der Waals surface area contributed by atoms with Gasteiger partial charge in [0.15, 0.2) is 6.61 Å². The summed E-state index contributed by atoms with van der Waals surface area (Å²) in [5.41, 5.74) is 1.54. The van der Waals surface area contributed by atoms with Crippen LogP contribution < -0.4 is 10.6 Å². The molecule has 3 rings (SSSR count). The highest BCUT2D eigenvalue weighted by molar-refractivity contribution is 9.10. The second-order valence-corrected chi connectivity index (χ2v) is 6.80. The molecule has 0 radical (unpaired) electrons. The normalized spacial score (nSPS) is 13.0. The zero-order chi connectivity index (χ0) is 18.5. The molecule has 6 nitrogen and oxygen atoms in total. The largest absolute Gasteiger partial charge is 0.452 e.